The molecule has 0 spiro atoms. The molecule has 2 rings (SSSR count). The van der Waals surface area contributed by atoms with Crippen molar-refractivity contribution in [2.24, 2.45) is 0 Å². The van der Waals surface area contributed by atoms with Gasteiger partial charge in [0.05, 0.1) is 0 Å². The third-order valence-corrected chi connectivity index (χ3v) is 2.64. The first-order valence-electron chi connectivity index (χ1n) is 5.15. The van der Waals surface area contributed by atoms with E-state index in [0.29, 0.717) is 0 Å². The molecule has 0 aliphatic rings. The molecule has 1 heterocycles. The minimum absolute atomic E-state index is 0.0582. The Balaban J connectivity index is 2.84. The average Bonchev–Trinajstić information content (AvgIpc) is 2.25. The van der Waals surface area contributed by atoms with Gasteiger partial charge in [-0.1, -0.05) is 0 Å². The van der Waals surface area contributed by atoms with Gasteiger partial charge in [0.1, 0.15) is 0 Å². The zero-order valence-electron chi connectivity index (χ0n) is 9.52. The molecule has 0 N–H and O–H groups in total. The number of nitrogens with zero attached hydrogens (tertiary/aromatic N) is 1. The average molecular weight is 271 g/mol. The second kappa shape index (κ2) is 4.42. The third kappa shape index (κ3) is 2.72. The normalized spacial score (nSPS) is 13.1. The zero-order valence-corrected chi connectivity index (χ0v) is 9.52. The van der Waals surface area contributed by atoms with Crippen molar-refractivity contribution >= 4 is 32.9 Å². The van der Waals surface area contributed by atoms with Crippen LogP contribution in [0.15, 0.2) is 24.3 Å². The minimum atomic E-state index is -4.78. The molecule has 0 fully saturated rings. The molecule has 1 aromatic heterocycles. The molecule has 8 heteroatoms. The Morgan fingerprint density at radius 3 is 2.11 bits per heavy atom. The Kier molecular flexibility index (Phi) is 3.31. The van der Waals surface area contributed by atoms with E-state index >= 15 is 0 Å². The van der Waals surface area contributed by atoms with Gasteiger partial charge < -0.3 is 0 Å². The molecule has 0 amide bonds. The SMILES string of the molecule is [Li][c]1cc(C(F)(F)F)nc2c(C(F)(F)F)cccc12. The van der Waals surface area contributed by atoms with Crippen LogP contribution < -0.4 is 4.24 Å². The van der Waals surface area contributed by atoms with Gasteiger partial charge >= 0.3 is 112 Å². The molecule has 2 aromatic rings. The molecular formula is C11H4F6LiN. The van der Waals surface area contributed by atoms with Gasteiger partial charge in [-0.05, 0) is 0 Å². The number of para-hydroxylation sites is 1. The van der Waals surface area contributed by atoms with Crippen LogP contribution in [-0.4, -0.2) is 22.7 Å². The van der Waals surface area contributed by atoms with Crippen molar-refractivity contribution in [1.82, 2.24) is 4.98 Å². The van der Waals surface area contributed by atoms with E-state index in [-0.39, 0.29) is 9.62 Å². The summed E-state index contributed by atoms with van der Waals surface area (Å²) < 4.78 is 76.1. The number of hydrogen-bond donors (Lipinski definition) is 0. The fourth-order valence-corrected chi connectivity index (χ4v) is 1.79. The molecule has 0 saturated heterocycles. The number of pyridine rings is 1. The second-order valence-corrected chi connectivity index (χ2v) is 4.02. The molecule has 0 aliphatic carbocycles. The first-order valence-corrected chi connectivity index (χ1v) is 5.15. The van der Waals surface area contributed by atoms with Gasteiger partial charge in [0, 0.05) is 0 Å². The summed E-state index contributed by atoms with van der Waals surface area (Å²) in [7, 11) is 0. The van der Waals surface area contributed by atoms with E-state index in [4.69, 9.17) is 0 Å². The van der Waals surface area contributed by atoms with Crippen molar-refractivity contribution in [3.05, 3.63) is 35.5 Å². The van der Waals surface area contributed by atoms with Gasteiger partial charge in [-0.3, -0.25) is 0 Å². The topological polar surface area (TPSA) is 12.9 Å². The quantitative estimate of drug-likeness (QED) is 0.530. The molecule has 0 atom stereocenters. The Morgan fingerprint density at radius 2 is 1.58 bits per heavy atom. The molecule has 0 radical (unpaired) electrons. The monoisotopic (exact) mass is 271 g/mol. The second-order valence-electron chi connectivity index (χ2n) is 4.02. The summed E-state index contributed by atoms with van der Waals surface area (Å²) in [6.45, 7) is 0. The van der Waals surface area contributed by atoms with E-state index in [1.165, 1.54) is 23.8 Å². The molecule has 1 nitrogen and oxygen atoms in total. The summed E-state index contributed by atoms with van der Waals surface area (Å²) in [5.41, 5.74) is -3.17. The molecule has 0 aliphatic heterocycles. The number of fused-ring (bicyclic) bond motifs is 1. The van der Waals surface area contributed by atoms with E-state index in [1.54, 1.807) is 0 Å². The van der Waals surface area contributed by atoms with Gasteiger partial charge in [-0.15, -0.1) is 0 Å². The van der Waals surface area contributed by atoms with Crippen LogP contribution in [0.25, 0.3) is 10.9 Å². The molecule has 96 valence electrons. The van der Waals surface area contributed by atoms with Crippen LogP contribution in [0, 0.1) is 0 Å². The van der Waals surface area contributed by atoms with Crippen LogP contribution in [0.5, 0.6) is 0 Å². The van der Waals surface area contributed by atoms with Gasteiger partial charge in [-0.25, -0.2) is 0 Å². The van der Waals surface area contributed by atoms with E-state index in [1.807, 2.05) is 0 Å². The van der Waals surface area contributed by atoms with Gasteiger partial charge in [0.25, 0.3) is 0 Å². The van der Waals surface area contributed by atoms with Gasteiger partial charge in [0.15, 0.2) is 0 Å². The molecule has 0 saturated carbocycles. The zero-order chi connectivity index (χ0) is 14.4. The maximum absolute atomic E-state index is 12.8. The summed E-state index contributed by atoms with van der Waals surface area (Å²) in [6, 6.07) is 3.91. The predicted molar refractivity (Wildman–Crippen MR) is 57.1 cm³/mol. The van der Waals surface area contributed by atoms with Crippen LogP contribution >= 0.6 is 0 Å². The Labute approximate surface area is 112 Å². The van der Waals surface area contributed by atoms with E-state index in [2.05, 4.69) is 4.98 Å². The number of rotatable bonds is 0. The number of benzene rings is 1. The van der Waals surface area contributed by atoms with Crippen molar-refractivity contribution in [1.29, 1.82) is 0 Å². The van der Waals surface area contributed by atoms with E-state index in [9.17, 15) is 26.3 Å². The maximum atomic E-state index is 12.8. The fraction of sp³-hybridized carbons (Fsp3) is 0.182. The molecule has 19 heavy (non-hydrogen) atoms. The van der Waals surface area contributed by atoms with E-state index < -0.39 is 29.1 Å². The predicted octanol–water partition coefficient (Wildman–Crippen LogP) is 3.07. The van der Waals surface area contributed by atoms with Crippen LogP contribution in [0.4, 0.5) is 26.3 Å². The Bertz CT molecular complexity index is 631. The summed E-state index contributed by atoms with van der Waals surface area (Å²) in [5.74, 6) is 0. The molecule has 0 unspecified atom stereocenters. The van der Waals surface area contributed by atoms with Gasteiger partial charge in [-0.2, -0.15) is 0 Å². The summed E-state index contributed by atoms with van der Waals surface area (Å²) in [6.07, 6.45) is -9.53. The van der Waals surface area contributed by atoms with Crippen LogP contribution in [0.1, 0.15) is 11.3 Å². The van der Waals surface area contributed by atoms with Crippen molar-refractivity contribution in [3.63, 3.8) is 0 Å². The summed E-state index contributed by atoms with van der Waals surface area (Å²) in [5, 5.41) is 0.0582. The van der Waals surface area contributed by atoms with Crippen molar-refractivity contribution in [2.45, 2.75) is 12.4 Å². The fourth-order valence-electron chi connectivity index (χ4n) is 1.79. The number of alkyl halides is 6. The van der Waals surface area contributed by atoms with Crippen molar-refractivity contribution in [2.75, 3.05) is 0 Å². The Hall–Kier alpha value is -1.19. The molecule has 0 bridgehead atoms. The molecule has 1 aromatic carbocycles. The third-order valence-electron chi connectivity index (χ3n) is 2.64. The summed E-state index contributed by atoms with van der Waals surface area (Å²) in [4.78, 5) is 3.13. The summed E-state index contributed by atoms with van der Waals surface area (Å²) >= 11 is 1.32. The number of hydrogen-bond acceptors (Lipinski definition) is 1. The Morgan fingerprint density at radius 1 is 0.947 bits per heavy atom. The van der Waals surface area contributed by atoms with Crippen LogP contribution in [0.2, 0.25) is 0 Å². The van der Waals surface area contributed by atoms with Crippen molar-refractivity contribution < 1.29 is 26.3 Å². The first kappa shape index (κ1) is 14.2. The molecular weight excluding hydrogens is 267 g/mol. The van der Waals surface area contributed by atoms with Crippen LogP contribution in [-0.2, 0) is 12.4 Å². The number of halogens is 6. The van der Waals surface area contributed by atoms with Crippen molar-refractivity contribution in [3.8, 4) is 0 Å². The number of aromatic nitrogens is 1. The van der Waals surface area contributed by atoms with Gasteiger partial charge in [0.2, 0.25) is 0 Å². The standard InChI is InChI=1S/C11H4F6N.Li/c12-10(13,14)7-3-1-2-6-4-5-8(11(15,16)17)18-9(6)7;/h1-3,5H;. The van der Waals surface area contributed by atoms with Crippen LogP contribution in [0.3, 0.4) is 0 Å². The first-order chi connectivity index (χ1) is 8.60. The van der Waals surface area contributed by atoms with E-state index in [0.717, 1.165) is 18.2 Å².